The molecule has 0 spiro atoms. The van der Waals surface area contributed by atoms with Crippen molar-refractivity contribution in [3.05, 3.63) is 21.4 Å². The molecule has 1 atom stereocenters. The molecule has 0 saturated heterocycles. The van der Waals surface area contributed by atoms with Gasteiger partial charge in [0, 0.05) is 9.75 Å². The van der Waals surface area contributed by atoms with E-state index in [1.807, 2.05) is 18.3 Å². The summed E-state index contributed by atoms with van der Waals surface area (Å²) in [4.78, 5) is 3.06. The summed E-state index contributed by atoms with van der Waals surface area (Å²) < 4.78 is 0. The van der Waals surface area contributed by atoms with Gasteiger partial charge in [-0.1, -0.05) is 0 Å². The number of aliphatic hydroxyl groups excluding tert-OH is 1. The molecule has 1 aromatic heterocycles. The molecular weight excluding hydrogens is 180 g/mol. The Hall–Kier alpha value is -0.340. The third-order valence-corrected chi connectivity index (χ3v) is 3.90. The Kier molecular flexibility index (Phi) is 2.70. The molecule has 0 unspecified atom stereocenters. The van der Waals surface area contributed by atoms with Gasteiger partial charge in [-0.05, 0) is 50.7 Å². The molecule has 0 amide bonds. The van der Waals surface area contributed by atoms with Crippen molar-refractivity contribution in [1.82, 2.24) is 0 Å². The fourth-order valence-corrected chi connectivity index (χ4v) is 3.14. The monoisotopic (exact) mass is 196 g/mol. The third kappa shape index (κ3) is 2.12. The third-order valence-electron chi connectivity index (χ3n) is 2.61. The SMILES string of the molecule is C[C@H](O)CCc1cc2c(s1)CCC2. The molecule has 0 aliphatic heterocycles. The van der Waals surface area contributed by atoms with Crippen LogP contribution in [-0.4, -0.2) is 11.2 Å². The molecule has 1 aromatic rings. The first-order valence-electron chi connectivity index (χ1n) is 5.04. The normalized spacial score (nSPS) is 17.4. The second kappa shape index (κ2) is 3.81. The molecule has 1 aliphatic carbocycles. The molecule has 1 aliphatic rings. The van der Waals surface area contributed by atoms with Crippen LogP contribution >= 0.6 is 11.3 Å². The van der Waals surface area contributed by atoms with E-state index in [9.17, 15) is 0 Å². The van der Waals surface area contributed by atoms with Crippen LogP contribution in [0, 0.1) is 0 Å². The van der Waals surface area contributed by atoms with Gasteiger partial charge in [0.25, 0.3) is 0 Å². The summed E-state index contributed by atoms with van der Waals surface area (Å²) in [6.45, 7) is 1.86. The van der Waals surface area contributed by atoms with Gasteiger partial charge in [0.2, 0.25) is 0 Å². The topological polar surface area (TPSA) is 20.2 Å². The van der Waals surface area contributed by atoms with Gasteiger partial charge in [0.05, 0.1) is 6.10 Å². The minimum Gasteiger partial charge on any atom is -0.393 e. The van der Waals surface area contributed by atoms with Crippen molar-refractivity contribution >= 4 is 11.3 Å². The Morgan fingerprint density at radius 1 is 1.54 bits per heavy atom. The second-order valence-electron chi connectivity index (χ2n) is 3.90. The summed E-state index contributed by atoms with van der Waals surface area (Å²) in [5.41, 5.74) is 1.57. The van der Waals surface area contributed by atoms with E-state index in [1.165, 1.54) is 24.1 Å². The molecule has 1 nitrogen and oxygen atoms in total. The molecule has 0 fully saturated rings. The molecule has 13 heavy (non-hydrogen) atoms. The smallest absolute Gasteiger partial charge is 0.0515 e. The van der Waals surface area contributed by atoms with Crippen molar-refractivity contribution in [1.29, 1.82) is 0 Å². The van der Waals surface area contributed by atoms with E-state index in [4.69, 9.17) is 5.11 Å². The molecule has 1 N–H and O–H groups in total. The lowest BCUT2D eigenvalue weighted by molar-refractivity contribution is 0.185. The summed E-state index contributed by atoms with van der Waals surface area (Å²) >= 11 is 1.95. The van der Waals surface area contributed by atoms with E-state index in [0.717, 1.165) is 12.8 Å². The van der Waals surface area contributed by atoms with Crippen molar-refractivity contribution in [3.8, 4) is 0 Å². The first-order chi connectivity index (χ1) is 6.25. The van der Waals surface area contributed by atoms with Crippen LogP contribution < -0.4 is 0 Å². The predicted octanol–water partition coefficient (Wildman–Crippen LogP) is 2.55. The molecule has 0 saturated carbocycles. The van der Waals surface area contributed by atoms with Gasteiger partial charge in [-0.3, -0.25) is 0 Å². The van der Waals surface area contributed by atoms with Crippen LogP contribution in [0.1, 0.15) is 35.1 Å². The van der Waals surface area contributed by atoms with Crippen LogP contribution in [0.25, 0.3) is 0 Å². The molecular formula is C11H16OS. The number of hydrogen-bond donors (Lipinski definition) is 1. The van der Waals surface area contributed by atoms with E-state index in [0.29, 0.717) is 0 Å². The number of aliphatic hydroxyl groups is 1. The van der Waals surface area contributed by atoms with Crippen molar-refractivity contribution in [2.45, 2.75) is 45.1 Å². The summed E-state index contributed by atoms with van der Waals surface area (Å²) in [5.74, 6) is 0. The van der Waals surface area contributed by atoms with Crippen LogP contribution in [-0.2, 0) is 19.3 Å². The number of hydrogen-bond acceptors (Lipinski definition) is 2. The van der Waals surface area contributed by atoms with Crippen molar-refractivity contribution < 1.29 is 5.11 Å². The minimum absolute atomic E-state index is 0.156. The number of fused-ring (bicyclic) bond motifs is 1. The molecule has 0 radical (unpaired) electrons. The van der Waals surface area contributed by atoms with Crippen molar-refractivity contribution in [2.24, 2.45) is 0 Å². The lowest BCUT2D eigenvalue weighted by Crippen LogP contribution is -2.00. The number of rotatable bonds is 3. The van der Waals surface area contributed by atoms with E-state index < -0.39 is 0 Å². The van der Waals surface area contributed by atoms with Gasteiger partial charge in [0.15, 0.2) is 0 Å². The quantitative estimate of drug-likeness (QED) is 0.787. The predicted molar refractivity (Wildman–Crippen MR) is 56.3 cm³/mol. The largest absolute Gasteiger partial charge is 0.393 e. The van der Waals surface area contributed by atoms with Gasteiger partial charge in [0.1, 0.15) is 0 Å². The molecule has 0 aromatic carbocycles. The maximum absolute atomic E-state index is 9.17. The molecule has 72 valence electrons. The number of aryl methyl sites for hydroxylation is 3. The summed E-state index contributed by atoms with van der Waals surface area (Å²) in [5, 5.41) is 9.17. The summed E-state index contributed by atoms with van der Waals surface area (Å²) in [7, 11) is 0. The van der Waals surface area contributed by atoms with Crippen LogP contribution in [0.15, 0.2) is 6.07 Å². The average Bonchev–Trinajstić information content (AvgIpc) is 2.58. The Bertz CT molecular complexity index is 267. The Morgan fingerprint density at radius 2 is 2.38 bits per heavy atom. The molecule has 2 rings (SSSR count). The lowest BCUT2D eigenvalue weighted by atomic mass is 10.1. The number of thiophene rings is 1. The Labute approximate surface area is 83.4 Å². The highest BCUT2D eigenvalue weighted by Crippen LogP contribution is 2.31. The van der Waals surface area contributed by atoms with Gasteiger partial charge < -0.3 is 5.11 Å². The molecule has 2 heteroatoms. The van der Waals surface area contributed by atoms with Crippen LogP contribution in [0.5, 0.6) is 0 Å². The average molecular weight is 196 g/mol. The van der Waals surface area contributed by atoms with Gasteiger partial charge in [-0.15, -0.1) is 11.3 Å². The molecule has 0 bridgehead atoms. The molecule has 1 heterocycles. The lowest BCUT2D eigenvalue weighted by Gasteiger charge is -2.00. The summed E-state index contributed by atoms with van der Waals surface area (Å²) in [6, 6.07) is 2.34. The van der Waals surface area contributed by atoms with E-state index in [2.05, 4.69) is 6.07 Å². The zero-order valence-electron chi connectivity index (χ0n) is 8.05. The van der Waals surface area contributed by atoms with Crippen LogP contribution in [0.3, 0.4) is 0 Å². The van der Waals surface area contributed by atoms with Gasteiger partial charge >= 0.3 is 0 Å². The fourth-order valence-electron chi connectivity index (χ4n) is 1.86. The summed E-state index contributed by atoms with van der Waals surface area (Å²) in [6.07, 6.45) is 5.71. The maximum Gasteiger partial charge on any atom is 0.0515 e. The first kappa shape index (κ1) is 9.22. The van der Waals surface area contributed by atoms with Gasteiger partial charge in [-0.2, -0.15) is 0 Å². The van der Waals surface area contributed by atoms with Crippen LogP contribution in [0.2, 0.25) is 0 Å². The van der Waals surface area contributed by atoms with E-state index in [1.54, 1.807) is 10.4 Å². The Morgan fingerprint density at radius 3 is 3.08 bits per heavy atom. The first-order valence-corrected chi connectivity index (χ1v) is 5.86. The Balaban J connectivity index is 1.98. The van der Waals surface area contributed by atoms with Crippen molar-refractivity contribution in [2.75, 3.05) is 0 Å². The second-order valence-corrected chi connectivity index (χ2v) is 5.12. The zero-order valence-corrected chi connectivity index (χ0v) is 8.86. The van der Waals surface area contributed by atoms with Crippen LogP contribution in [0.4, 0.5) is 0 Å². The zero-order chi connectivity index (χ0) is 9.26. The highest BCUT2D eigenvalue weighted by Gasteiger charge is 2.14. The van der Waals surface area contributed by atoms with Gasteiger partial charge in [-0.25, -0.2) is 0 Å². The van der Waals surface area contributed by atoms with E-state index in [-0.39, 0.29) is 6.10 Å². The minimum atomic E-state index is -0.156. The van der Waals surface area contributed by atoms with Crippen molar-refractivity contribution in [3.63, 3.8) is 0 Å². The highest BCUT2D eigenvalue weighted by molar-refractivity contribution is 7.12. The standard InChI is InChI=1S/C11H16OS/c1-8(12)5-6-10-7-9-3-2-4-11(9)13-10/h7-8,12H,2-6H2,1H3/t8-/m0/s1. The fraction of sp³-hybridized carbons (Fsp3) is 0.636. The maximum atomic E-state index is 9.17. The highest BCUT2D eigenvalue weighted by atomic mass is 32.1. The van der Waals surface area contributed by atoms with E-state index >= 15 is 0 Å².